The van der Waals surface area contributed by atoms with E-state index in [1.54, 1.807) is 0 Å². The van der Waals surface area contributed by atoms with Gasteiger partial charge in [-0.25, -0.2) is 0 Å². The molecule has 0 aliphatic heterocycles. The maximum Gasteiger partial charge on any atom is 0.223 e. The zero-order valence-electron chi connectivity index (χ0n) is 12.5. The van der Waals surface area contributed by atoms with E-state index in [4.69, 9.17) is 4.43 Å². The van der Waals surface area contributed by atoms with Crippen LogP contribution in [0.25, 0.3) is 0 Å². The van der Waals surface area contributed by atoms with Crippen molar-refractivity contribution in [3.05, 3.63) is 29.8 Å². The summed E-state index contributed by atoms with van der Waals surface area (Å²) in [4.78, 5) is 0. The van der Waals surface area contributed by atoms with Gasteiger partial charge in [-0.1, -0.05) is 69.4 Å². The molecule has 1 rings (SSSR count). The smallest absolute Gasteiger partial charge is 0.223 e. The molecule has 2 heteroatoms. The Hall–Kier alpha value is -0.603. The molecule has 0 saturated carbocycles. The van der Waals surface area contributed by atoms with Crippen molar-refractivity contribution in [2.75, 3.05) is 7.11 Å². The molecule has 0 aromatic heterocycles. The Morgan fingerprint density at radius 2 is 1.44 bits per heavy atom. The Kier molecular flexibility index (Phi) is 6.65. The van der Waals surface area contributed by atoms with Gasteiger partial charge in [0.25, 0.3) is 0 Å². The van der Waals surface area contributed by atoms with Crippen LogP contribution < -0.4 is 5.19 Å². The lowest BCUT2D eigenvalue weighted by Gasteiger charge is -2.30. The number of unbranched alkanes of at least 4 members (excludes halogenated alkanes) is 2. The molecule has 0 spiro atoms. The van der Waals surface area contributed by atoms with E-state index in [2.05, 4.69) is 45.0 Å². The third-order valence-electron chi connectivity index (χ3n) is 3.84. The maximum atomic E-state index is 6.11. The molecule has 0 amide bonds. The van der Waals surface area contributed by atoms with Crippen LogP contribution in [0.2, 0.25) is 12.1 Å². The molecule has 0 radical (unpaired) electrons. The highest BCUT2D eigenvalue weighted by molar-refractivity contribution is 6.86. The fourth-order valence-electron chi connectivity index (χ4n) is 2.52. The van der Waals surface area contributed by atoms with Gasteiger partial charge in [-0.2, -0.15) is 0 Å². The molecule has 102 valence electrons. The highest BCUT2D eigenvalue weighted by atomic mass is 28.4. The fraction of sp³-hybridized carbons (Fsp3) is 0.625. The van der Waals surface area contributed by atoms with E-state index in [0.29, 0.717) is 0 Å². The zero-order chi connectivity index (χ0) is 13.4. The molecule has 0 bridgehead atoms. The number of aryl methyl sites for hydroxylation is 1. The molecule has 0 N–H and O–H groups in total. The van der Waals surface area contributed by atoms with E-state index in [0.717, 1.165) is 0 Å². The summed E-state index contributed by atoms with van der Waals surface area (Å²) < 4.78 is 6.11. The number of rotatable bonds is 8. The summed E-state index contributed by atoms with van der Waals surface area (Å²) >= 11 is 0. The van der Waals surface area contributed by atoms with Crippen molar-refractivity contribution in [2.24, 2.45) is 0 Å². The molecule has 1 aromatic rings. The molecule has 18 heavy (non-hydrogen) atoms. The Balaban J connectivity index is 2.95. The van der Waals surface area contributed by atoms with Crippen LogP contribution in [0, 0.1) is 6.92 Å². The third kappa shape index (κ3) is 3.96. The Bertz CT molecular complexity index is 323. The molecule has 1 nitrogen and oxygen atoms in total. The van der Waals surface area contributed by atoms with Crippen molar-refractivity contribution in [3.63, 3.8) is 0 Å². The molecule has 0 saturated heterocycles. The van der Waals surface area contributed by atoms with Gasteiger partial charge in [-0.05, 0) is 24.2 Å². The zero-order valence-corrected chi connectivity index (χ0v) is 13.5. The minimum Gasteiger partial charge on any atom is -0.415 e. The summed E-state index contributed by atoms with van der Waals surface area (Å²) in [5.74, 6) is 0. The largest absolute Gasteiger partial charge is 0.415 e. The first-order valence-corrected chi connectivity index (χ1v) is 9.63. The first-order chi connectivity index (χ1) is 8.68. The SMILES string of the molecule is CCCC[Si](CCCC)(OC)c1ccc(C)cc1. The predicted octanol–water partition coefficient (Wildman–Crippen LogP) is 4.39. The van der Waals surface area contributed by atoms with Gasteiger partial charge >= 0.3 is 0 Å². The highest BCUT2D eigenvalue weighted by Gasteiger charge is 2.34. The van der Waals surface area contributed by atoms with Crippen LogP contribution in [0.4, 0.5) is 0 Å². The summed E-state index contributed by atoms with van der Waals surface area (Å²) in [6, 6.07) is 11.6. The van der Waals surface area contributed by atoms with E-state index in [9.17, 15) is 0 Å². The van der Waals surface area contributed by atoms with Gasteiger partial charge in [0.1, 0.15) is 0 Å². The molecular weight excluding hydrogens is 236 g/mol. The fourth-order valence-corrected chi connectivity index (χ4v) is 6.61. The van der Waals surface area contributed by atoms with Crippen molar-refractivity contribution in [1.29, 1.82) is 0 Å². The number of hydrogen-bond donors (Lipinski definition) is 0. The summed E-state index contributed by atoms with van der Waals surface area (Å²) in [5.41, 5.74) is 1.34. The van der Waals surface area contributed by atoms with E-state index < -0.39 is 8.32 Å². The molecule has 0 aliphatic rings. The summed E-state index contributed by atoms with van der Waals surface area (Å²) in [6.07, 6.45) is 5.10. The van der Waals surface area contributed by atoms with Crippen molar-refractivity contribution in [3.8, 4) is 0 Å². The van der Waals surface area contributed by atoms with Gasteiger partial charge in [-0.15, -0.1) is 0 Å². The molecule has 0 aliphatic carbocycles. The van der Waals surface area contributed by atoms with Crippen LogP contribution in [0.15, 0.2) is 24.3 Å². The standard InChI is InChI=1S/C16H28OSi/c1-5-7-13-18(17-4,14-8-6-2)16-11-9-15(3)10-12-16/h9-12H,5-8,13-14H2,1-4H3. The lowest BCUT2D eigenvalue weighted by atomic mass is 10.2. The topological polar surface area (TPSA) is 9.23 Å². The molecule has 0 fully saturated rings. The Labute approximate surface area is 114 Å². The van der Waals surface area contributed by atoms with Crippen LogP contribution in [-0.4, -0.2) is 15.4 Å². The average molecular weight is 264 g/mol. The quantitative estimate of drug-likeness (QED) is 0.633. The van der Waals surface area contributed by atoms with E-state index in [1.807, 2.05) is 7.11 Å². The average Bonchev–Trinajstić information content (AvgIpc) is 2.41. The monoisotopic (exact) mass is 264 g/mol. The second-order valence-electron chi connectivity index (χ2n) is 5.27. The lowest BCUT2D eigenvalue weighted by Crippen LogP contribution is -2.49. The van der Waals surface area contributed by atoms with Crippen molar-refractivity contribution in [1.82, 2.24) is 0 Å². The molecule has 1 aromatic carbocycles. The van der Waals surface area contributed by atoms with Gasteiger partial charge in [0.2, 0.25) is 8.32 Å². The Morgan fingerprint density at radius 3 is 1.83 bits per heavy atom. The summed E-state index contributed by atoms with van der Waals surface area (Å²) in [5, 5.41) is 1.48. The molecule has 0 atom stereocenters. The maximum absolute atomic E-state index is 6.11. The first-order valence-electron chi connectivity index (χ1n) is 7.31. The molecule has 0 unspecified atom stereocenters. The van der Waals surface area contributed by atoms with E-state index in [-0.39, 0.29) is 0 Å². The van der Waals surface area contributed by atoms with Gasteiger partial charge in [0.05, 0.1) is 0 Å². The van der Waals surface area contributed by atoms with Crippen LogP contribution in [-0.2, 0) is 4.43 Å². The minimum atomic E-state index is -1.71. The van der Waals surface area contributed by atoms with Crippen molar-refractivity contribution in [2.45, 2.75) is 58.5 Å². The van der Waals surface area contributed by atoms with Crippen LogP contribution in [0.3, 0.4) is 0 Å². The van der Waals surface area contributed by atoms with Gasteiger partial charge in [0, 0.05) is 7.11 Å². The predicted molar refractivity (Wildman–Crippen MR) is 83.0 cm³/mol. The second kappa shape index (κ2) is 7.75. The second-order valence-corrected chi connectivity index (χ2v) is 9.25. The number of hydrogen-bond acceptors (Lipinski definition) is 1. The molecular formula is C16H28OSi. The van der Waals surface area contributed by atoms with Crippen LogP contribution >= 0.6 is 0 Å². The highest BCUT2D eigenvalue weighted by Crippen LogP contribution is 2.23. The summed E-state index contributed by atoms with van der Waals surface area (Å²) in [7, 11) is 0.218. The lowest BCUT2D eigenvalue weighted by molar-refractivity contribution is 0.398. The van der Waals surface area contributed by atoms with Crippen LogP contribution in [0.1, 0.15) is 45.1 Å². The minimum absolute atomic E-state index is 1.26. The first kappa shape index (κ1) is 15.5. The molecule has 0 heterocycles. The van der Waals surface area contributed by atoms with Gasteiger partial charge < -0.3 is 4.43 Å². The number of benzene rings is 1. The van der Waals surface area contributed by atoms with Crippen LogP contribution in [0.5, 0.6) is 0 Å². The van der Waals surface area contributed by atoms with E-state index >= 15 is 0 Å². The Morgan fingerprint density at radius 1 is 0.944 bits per heavy atom. The summed E-state index contributed by atoms with van der Waals surface area (Å²) in [6.45, 7) is 6.69. The normalized spacial score (nSPS) is 11.8. The third-order valence-corrected chi connectivity index (χ3v) is 8.33. The van der Waals surface area contributed by atoms with Gasteiger partial charge in [-0.3, -0.25) is 0 Å². The van der Waals surface area contributed by atoms with Crippen molar-refractivity contribution < 1.29 is 4.43 Å². The van der Waals surface area contributed by atoms with Gasteiger partial charge in [0.15, 0.2) is 0 Å². The van der Waals surface area contributed by atoms with Crippen molar-refractivity contribution >= 4 is 13.5 Å². The van der Waals surface area contributed by atoms with E-state index in [1.165, 1.54) is 48.5 Å².